The molecule has 0 aliphatic heterocycles. The highest BCUT2D eigenvalue weighted by molar-refractivity contribution is 6.87. The molecular weight excluding hydrogens is 292 g/mol. The van der Waals surface area contributed by atoms with Gasteiger partial charge in [0.05, 0.1) is 0 Å². The summed E-state index contributed by atoms with van der Waals surface area (Å²) < 4.78 is 7.11. The molecule has 0 amide bonds. The molecule has 0 fully saturated rings. The quantitative estimate of drug-likeness (QED) is 0.365. The average molecular weight is 333 g/mol. The van der Waals surface area contributed by atoms with Gasteiger partial charge in [0.15, 0.2) is 16.6 Å². The van der Waals surface area contributed by atoms with Crippen LogP contribution < -0.4 is 11.5 Å². The highest BCUT2D eigenvalue weighted by Crippen LogP contribution is 2.34. The van der Waals surface area contributed by atoms with Gasteiger partial charge >= 0.3 is 0 Å². The van der Waals surface area contributed by atoms with Crippen LogP contribution in [0.1, 0.15) is 53.4 Å². The number of hydrogen-bond donors (Lipinski definition) is 2. The van der Waals surface area contributed by atoms with Crippen molar-refractivity contribution >= 4 is 16.6 Å². The van der Waals surface area contributed by atoms with Crippen molar-refractivity contribution in [2.24, 2.45) is 11.5 Å². The first-order chi connectivity index (χ1) is 10.1. The molecule has 0 aromatic heterocycles. The Balaban J connectivity index is 4.85. The molecule has 4 N–H and O–H groups in total. The minimum Gasteiger partial charge on any atom is -0.455 e. The van der Waals surface area contributed by atoms with Crippen molar-refractivity contribution in [1.82, 2.24) is 0 Å². The van der Waals surface area contributed by atoms with Gasteiger partial charge in [-0.1, -0.05) is 40.5 Å². The van der Waals surface area contributed by atoms with Gasteiger partial charge in [0.25, 0.3) is 0 Å². The number of nitrogens with two attached hydrogens (primary N) is 2. The van der Waals surface area contributed by atoms with Crippen molar-refractivity contribution < 1.29 is 4.12 Å². The van der Waals surface area contributed by atoms with Gasteiger partial charge in [0, 0.05) is 0 Å². The summed E-state index contributed by atoms with van der Waals surface area (Å²) in [5, 5.41) is 0. The zero-order valence-corrected chi connectivity index (χ0v) is 17.0. The van der Waals surface area contributed by atoms with Crippen LogP contribution in [0.5, 0.6) is 0 Å². The summed E-state index contributed by atoms with van der Waals surface area (Å²) in [5.74, 6) is 0. The second-order valence-electron chi connectivity index (χ2n) is 6.37. The predicted molar refractivity (Wildman–Crippen MR) is 101 cm³/mol. The van der Waals surface area contributed by atoms with Crippen molar-refractivity contribution in [3.05, 3.63) is 0 Å². The molecule has 0 radical (unpaired) electrons. The van der Waals surface area contributed by atoms with Crippen LogP contribution >= 0.6 is 0 Å². The Morgan fingerprint density at radius 3 is 1.19 bits per heavy atom. The number of hydrogen-bond acceptors (Lipinski definition) is 3. The van der Waals surface area contributed by atoms with Crippen molar-refractivity contribution in [3.63, 3.8) is 0 Å². The molecule has 0 unspecified atom stereocenters. The van der Waals surface area contributed by atoms with E-state index in [0.29, 0.717) is 0 Å². The Morgan fingerprint density at radius 2 is 0.952 bits per heavy atom. The molecule has 0 atom stereocenters. The van der Waals surface area contributed by atoms with Gasteiger partial charge in [-0.25, -0.2) is 0 Å². The standard InChI is InChI=1S/C16H40N2OSi2/c1-5-20(6-2,15-11-9-13-17)19-21(7-3,8-4)16-12-10-14-18/h5-18H2,1-4H3. The van der Waals surface area contributed by atoms with Crippen LogP contribution in [0.4, 0.5) is 0 Å². The lowest BCUT2D eigenvalue weighted by Gasteiger charge is -2.41. The topological polar surface area (TPSA) is 61.3 Å². The lowest BCUT2D eigenvalue weighted by Crippen LogP contribution is -2.50. The fourth-order valence-corrected chi connectivity index (χ4v) is 14.2. The monoisotopic (exact) mass is 332 g/mol. The molecule has 0 saturated heterocycles. The third-order valence-electron chi connectivity index (χ3n) is 5.18. The average Bonchev–Trinajstić information content (AvgIpc) is 2.53. The molecule has 0 aliphatic rings. The summed E-state index contributed by atoms with van der Waals surface area (Å²) in [4.78, 5) is 0. The van der Waals surface area contributed by atoms with Crippen LogP contribution in [-0.4, -0.2) is 29.7 Å². The third kappa shape index (κ3) is 7.41. The molecule has 0 bridgehead atoms. The van der Waals surface area contributed by atoms with Crippen molar-refractivity contribution in [3.8, 4) is 0 Å². The fourth-order valence-electron chi connectivity index (χ4n) is 3.24. The molecule has 0 saturated carbocycles. The molecule has 3 nitrogen and oxygen atoms in total. The Hall–Kier alpha value is 0.314. The van der Waals surface area contributed by atoms with E-state index in [9.17, 15) is 0 Å². The maximum atomic E-state index is 7.11. The Labute approximate surface area is 135 Å². The minimum absolute atomic E-state index is 0.818. The van der Waals surface area contributed by atoms with Gasteiger partial charge in [0.2, 0.25) is 0 Å². The Kier molecular flexibility index (Phi) is 12.0. The zero-order chi connectivity index (χ0) is 16.2. The van der Waals surface area contributed by atoms with E-state index in [-0.39, 0.29) is 0 Å². The van der Waals surface area contributed by atoms with Gasteiger partial charge in [-0.05, 0) is 62.2 Å². The van der Waals surface area contributed by atoms with Crippen LogP contribution in [0.15, 0.2) is 0 Å². The normalized spacial score (nSPS) is 12.9. The summed E-state index contributed by atoms with van der Waals surface area (Å²) in [6, 6.07) is 7.67. The van der Waals surface area contributed by atoms with E-state index in [1.165, 1.54) is 49.1 Å². The maximum Gasteiger partial charge on any atom is 0.179 e. The van der Waals surface area contributed by atoms with Gasteiger partial charge in [-0.15, -0.1) is 0 Å². The Morgan fingerprint density at radius 1 is 0.619 bits per heavy atom. The summed E-state index contributed by atoms with van der Waals surface area (Å²) in [5.41, 5.74) is 11.3. The van der Waals surface area contributed by atoms with E-state index >= 15 is 0 Å². The van der Waals surface area contributed by atoms with Gasteiger partial charge < -0.3 is 15.6 Å². The van der Waals surface area contributed by atoms with Crippen LogP contribution in [0.25, 0.3) is 0 Å². The molecule has 0 spiro atoms. The molecule has 21 heavy (non-hydrogen) atoms. The lowest BCUT2D eigenvalue weighted by molar-refractivity contribution is 0.495. The smallest absolute Gasteiger partial charge is 0.179 e. The van der Waals surface area contributed by atoms with Crippen molar-refractivity contribution in [2.75, 3.05) is 13.1 Å². The first-order valence-corrected chi connectivity index (χ1v) is 14.2. The van der Waals surface area contributed by atoms with Gasteiger partial charge in [-0.2, -0.15) is 0 Å². The van der Waals surface area contributed by atoms with Crippen LogP contribution in [0.2, 0.25) is 36.3 Å². The van der Waals surface area contributed by atoms with E-state index < -0.39 is 16.6 Å². The number of rotatable bonds is 14. The fraction of sp³-hybridized carbons (Fsp3) is 1.00. The minimum atomic E-state index is -1.54. The zero-order valence-electron chi connectivity index (χ0n) is 15.0. The van der Waals surface area contributed by atoms with Gasteiger partial charge in [0.1, 0.15) is 0 Å². The van der Waals surface area contributed by atoms with E-state index in [1.807, 2.05) is 0 Å². The highest BCUT2D eigenvalue weighted by atomic mass is 28.4. The lowest BCUT2D eigenvalue weighted by atomic mass is 10.3. The van der Waals surface area contributed by atoms with E-state index in [1.54, 1.807) is 0 Å². The summed E-state index contributed by atoms with van der Waals surface area (Å²) in [6.45, 7) is 11.0. The van der Waals surface area contributed by atoms with E-state index in [4.69, 9.17) is 15.6 Å². The largest absolute Gasteiger partial charge is 0.455 e. The molecule has 0 aromatic carbocycles. The number of unbranched alkanes of at least 4 members (excludes halogenated alkanes) is 2. The van der Waals surface area contributed by atoms with Crippen molar-refractivity contribution in [2.45, 2.75) is 89.6 Å². The van der Waals surface area contributed by atoms with Crippen LogP contribution in [0.3, 0.4) is 0 Å². The molecule has 0 aromatic rings. The summed E-state index contributed by atoms with van der Waals surface area (Å²) >= 11 is 0. The molecule has 0 heterocycles. The predicted octanol–water partition coefficient (Wildman–Crippen LogP) is 4.45. The van der Waals surface area contributed by atoms with Crippen LogP contribution in [-0.2, 0) is 4.12 Å². The van der Waals surface area contributed by atoms with Gasteiger partial charge in [-0.3, -0.25) is 0 Å². The summed E-state index contributed by atoms with van der Waals surface area (Å²) in [6.07, 6.45) is 4.81. The second kappa shape index (κ2) is 11.8. The molecule has 0 aliphatic carbocycles. The summed E-state index contributed by atoms with van der Waals surface area (Å²) in [7, 11) is -3.09. The maximum absolute atomic E-state index is 7.11. The first-order valence-electron chi connectivity index (χ1n) is 9.17. The molecular formula is C16H40N2OSi2. The van der Waals surface area contributed by atoms with Crippen LogP contribution in [0, 0.1) is 0 Å². The highest BCUT2D eigenvalue weighted by Gasteiger charge is 2.40. The van der Waals surface area contributed by atoms with E-state index in [2.05, 4.69) is 27.7 Å². The molecule has 5 heteroatoms. The first kappa shape index (κ1) is 21.3. The molecule has 0 rings (SSSR count). The van der Waals surface area contributed by atoms with Crippen molar-refractivity contribution in [1.29, 1.82) is 0 Å². The second-order valence-corrected chi connectivity index (χ2v) is 15.8. The third-order valence-corrected chi connectivity index (χ3v) is 16.3. The SMILES string of the molecule is CC[Si](CC)(CCCCN)O[Si](CC)(CC)CCCCN. The molecule has 128 valence electrons. The Bertz CT molecular complexity index is 220. The van der Waals surface area contributed by atoms with E-state index in [0.717, 1.165) is 25.9 Å².